The molecule has 2 amide bonds. The summed E-state index contributed by atoms with van der Waals surface area (Å²) in [6.45, 7) is 3.48. The first-order valence-electron chi connectivity index (χ1n) is 12.7. The van der Waals surface area contributed by atoms with E-state index in [1.165, 1.54) is 25.1 Å². The molecule has 0 spiro atoms. The number of Topliss-reactive ketones (excluding diaryl/α,β-unsaturated/α-hetero) is 1. The number of nitrogens with two attached hydrogens (primary N) is 1. The Bertz CT molecular complexity index is 1360. The smallest absolute Gasteiger partial charge is 0.412 e. The number of ether oxygens (including phenoxy) is 2. The van der Waals surface area contributed by atoms with Gasteiger partial charge in [-0.25, -0.2) is 9.18 Å². The van der Waals surface area contributed by atoms with Crippen LogP contribution in [0.1, 0.15) is 48.7 Å². The highest BCUT2D eigenvalue weighted by Gasteiger charge is 2.28. The molecule has 0 saturated carbocycles. The Labute approximate surface area is 231 Å². The van der Waals surface area contributed by atoms with E-state index < -0.39 is 29.9 Å². The van der Waals surface area contributed by atoms with Gasteiger partial charge in [0.15, 0.2) is 23.5 Å². The van der Waals surface area contributed by atoms with E-state index in [-0.39, 0.29) is 23.9 Å². The van der Waals surface area contributed by atoms with Gasteiger partial charge in [-0.2, -0.15) is 0 Å². The fourth-order valence-electron chi connectivity index (χ4n) is 3.88. The van der Waals surface area contributed by atoms with Gasteiger partial charge in [-0.3, -0.25) is 14.9 Å². The molecule has 5 N–H and O–H groups in total. The second-order valence-electron chi connectivity index (χ2n) is 8.85. The van der Waals surface area contributed by atoms with Gasteiger partial charge in [-0.15, -0.1) is 0 Å². The number of anilines is 3. The van der Waals surface area contributed by atoms with E-state index in [4.69, 9.17) is 15.2 Å². The normalized spacial score (nSPS) is 12.5. The van der Waals surface area contributed by atoms with Crippen LogP contribution in [0.2, 0.25) is 0 Å². The Balaban J connectivity index is 1.72. The highest BCUT2D eigenvalue weighted by atomic mass is 19.1. The zero-order valence-electron chi connectivity index (χ0n) is 22.2. The lowest BCUT2D eigenvalue weighted by atomic mass is 9.99. The summed E-state index contributed by atoms with van der Waals surface area (Å²) in [5.74, 6) is -1.90. The van der Waals surface area contributed by atoms with Gasteiger partial charge in [-0.1, -0.05) is 24.3 Å². The Morgan fingerprint density at radius 3 is 2.42 bits per heavy atom. The van der Waals surface area contributed by atoms with Crippen molar-refractivity contribution < 1.29 is 33.4 Å². The van der Waals surface area contributed by atoms with Gasteiger partial charge in [0.25, 0.3) is 0 Å². The Morgan fingerprint density at radius 2 is 1.77 bits per heavy atom. The van der Waals surface area contributed by atoms with E-state index in [1.54, 1.807) is 61.5 Å². The SMILES string of the molecule is CCO[C@H](CC/C=C/C(=O)Nc1ccccc1N)[C@H](OC(=O)Nc1ccc(C(C)=O)cc1)c1ccc(O)c(F)c1. The molecule has 3 aromatic carbocycles. The summed E-state index contributed by atoms with van der Waals surface area (Å²) in [4.78, 5) is 36.6. The summed E-state index contributed by atoms with van der Waals surface area (Å²) < 4.78 is 25.8. The van der Waals surface area contributed by atoms with Crippen molar-refractivity contribution >= 4 is 34.8 Å². The van der Waals surface area contributed by atoms with Crippen molar-refractivity contribution in [3.05, 3.63) is 95.8 Å². The molecule has 40 heavy (non-hydrogen) atoms. The third-order valence-corrected chi connectivity index (χ3v) is 5.90. The van der Waals surface area contributed by atoms with Gasteiger partial charge in [0.1, 0.15) is 0 Å². The van der Waals surface area contributed by atoms with E-state index in [2.05, 4.69) is 10.6 Å². The summed E-state index contributed by atoms with van der Waals surface area (Å²) in [5, 5.41) is 14.9. The average molecular weight is 550 g/mol. The van der Waals surface area contributed by atoms with Crippen molar-refractivity contribution in [3.8, 4) is 5.75 Å². The Morgan fingerprint density at radius 1 is 1.05 bits per heavy atom. The molecular weight excluding hydrogens is 517 g/mol. The molecule has 0 radical (unpaired) electrons. The molecule has 3 rings (SSSR count). The number of phenolic OH excluding ortho intramolecular Hbond substituents is 1. The minimum absolute atomic E-state index is 0.112. The Hall–Kier alpha value is -4.70. The quantitative estimate of drug-likeness (QED) is 0.124. The van der Waals surface area contributed by atoms with Gasteiger partial charge in [0.2, 0.25) is 5.91 Å². The molecule has 210 valence electrons. The highest BCUT2D eigenvalue weighted by molar-refractivity contribution is 6.01. The summed E-state index contributed by atoms with van der Waals surface area (Å²) in [6.07, 6.45) is 1.12. The van der Waals surface area contributed by atoms with Crippen molar-refractivity contribution in [3.63, 3.8) is 0 Å². The third kappa shape index (κ3) is 8.67. The number of hydrogen-bond donors (Lipinski definition) is 4. The maximum absolute atomic E-state index is 14.2. The van der Waals surface area contributed by atoms with Gasteiger partial charge in [-0.05, 0) is 86.9 Å². The standard InChI is InChI=1S/C30H32FN3O6/c1-3-39-27(10-6-7-11-28(37)34-25-9-5-4-8-24(25)32)29(21-14-17-26(36)23(31)18-21)40-30(38)33-22-15-12-20(13-16-22)19(2)35/h4-5,7-9,11-18,27,29,36H,3,6,10,32H2,1-2H3,(H,33,38)(H,34,37)/b11-7+/t27-,29-/m1/s1. The largest absolute Gasteiger partial charge is 0.505 e. The van der Waals surface area contributed by atoms with Gasteiger partial charge < -0.3 is 25.6 Å². The summed E-state index contributed by atoms with van der Waals surface area (Å²) in [7, 11) is 0. The number of halogens is 1. The number of ketones is 1. The number of hydrogen-bond acceptors (Lipinski definition) is 7. The monoisotopic (exact) mass is 549 g/mol. The van der Waals surface area contributed by atoms with Crippen LogP contribution >= 0.6 is 0 Å². The number of nitrogen functional groups attached to an aromatic ring is 1. The van der Waals surface area contributed by atoms with Crippen LogP contribution in [0, 0.1) is 5.82 Å². The summed E-state index contributed by atoms with van der Waals surface area (Å²) in [6, 6.07) is 16.8. The second kappa shape index (κ2) is 14.5. The molecule has 0 saturated heterocycles. The molecule has 0 aromatic heterocycles. The zero-order chi connectivity index (χ0) is 29.1. The molecule has 0 aliphatic heterocycles. The van der Waals surface area contributed by atoms with Crippen LogP contribution in [-0.4, -0.2) is 35.6 Å². The highest BCUT2D eigenvalue weighted by Crippen LogP contribution is 2.30. The number of aromatic hydroxyl groups is 1. The van der Waals surface area contributed by atoms with Crippen molar-refractivity contribution in [2.45, 2.75) is 38.9 Å². The van der Waals surface area contributed by atoms with Crippen molar-refractivity contribution in [2.75, 3.05) is 23.0 Å². The molecule has 3 aromatic rings. The predicted octanol–water partition coefficient (Wildman–Crippen LogP) is 5.99. The summed E-state index contributed by atoms with van der Waals surface area (Å²) >= 11 is 0. The van der Waals surface area contributed by atoms with Crippen LogP contribution in [-0.2, 0) is 14.3 Å². The molecule has 10 heteroatoms. The van der Waals surface area contributed by atoms with Crippen molar-refractivity contribution in [1.29, 1.82) is 0 Å². The van der Waals surface area contributed by atoms with Crippen molar-refractivity contribution in [2.24, 2.45) is 0 Å². The number of allylic oxidation sites excluding steroid dienone is 1. The Kier molecular flexibility index (Phi) is 10.8. The van der Waals surface area contributed by atoms with Crippen LogP contribution in [0.25, 0.3) is 0 Å². The van der Waals surface area contributed by atoms with E-state index >= 15 is 0 Å². The lowest BCUT2D eigenvalue weighted by Gasteiger charge is -2.27. The van der Waals surface area contributed by atoms with E-state index in [0.29, 0.717) is 35.5 Å². The number of nitrogens with one attached hydrogen (secondary N) is 2. The maximum atomic E-state index is 14.2. The lowest BCUT2D eigenvalue weighted by Crippen LogP contribution is -2.29. The molecule has 0 bridgehead atoms. The van der Waals surface area contributed by atoms with E-state index in [9.17, 15) is 23.9 Å². The molecular formula is C30H32FN3O6. The molecule has 0 heterocycles. The number of carbonyl (C=O) groups excluding carboxylic acids is 3. The molecule has 0 fully saturated rings. The van der Waals surface area contributed by atoms with Crippen LogP contribution in [0.5, 0.6) is 5.75 Å². The molecule has 0 aliphatic carbocycles. The summed E-state index contributed by atoms with van der Waals surface area (Å²) in [5.41, 5.74) is 7.95. The topological polar surface area (TPSA) is 140 Å². The average Bonchev–Trinajstić information content (AvgIpc) is 2.92. The minimum Gasteiger partial charge on any atom is -0.505 e. The van der Waals surface area contributed by atoms with Crippen LogP contribution in [0.4, 0.5) is 26.2 Å². The first-order valence-corrected chi connectivity index (χ1v) is 12.7. The number of phenols is 1. The van der Waals surface area contributed by atoms with Gasteiger partial charge in [0, 0.05) is 17.9 Å². The van der Waals surface area contributed by atoms with Crippen LogP contribution in [0.3, 0.4) is 0 Å². The molecule has 9 nitrogen and oxygen atoms in total. The number of para-hydroxylation sites is 2. The van der Waals surface area contributed by atoms with E-state index in [1.807, 2.05) is 0 Å². The fourth-order valence-corrected chi connectivity index (χ4v) is 3.88. The third-order valence-electron chi connectivity index (χ3n) is 5.90. The lowest BCUT2D eigenvalue weighted by molar-refractivity contribution is -0.111. The number of rotatable bonds is 12. The van der Waals surface area contributed by atoms with Gasteiger partial charge in [0.05, 0.1) is 17.5 Å². The maximum Gasteiger partial charge on any atom is 0.412 e. The van der Waals surface area contributed by atoms with Gasteiger partial charge >= 0.3 is 6.09 Å². The fraction of sp³-hybridized carbons (Fsp3) is 0.233. The van der Waals surface area contributed by atoms with E-state index in [0.717, 1.165) is 6.07 Å². The molecule has 0 unspecified atom stereocenters. The minimum atomic E-state index is -1.04. The molecule has 2 atom stereocenters. The number of carbonyl (C=O) groups is 3. The van der Waals surface area contributed by atoms with Crippen LogP contribution < -0.4 is 16.4 Å². The van der Waals surface area contributed by atoms with Crippen molar-refractivity contribution in [1.82, 2.24) is 0 Å². The second-order valence-corrected chi connectivity index (χ2v) is 8.85. The first-order chi connectivity index (χ1) is 19.2. The number of amides is 2. The van der Waals surface area contributed by atoms with Crippen LogP contribution in [0.15, 0.2) is 78.9 Å². The molecule has 0 aliphatic rings. The predicted molar refractivity (Wildman–Crippen MR) is 151 cm³/mol. The zero-order valence-corrected chi connectivity index (χ0v) is 22.2. The number of benzene rings is 3. The first kappa shape index (κ1) is 29.9.